The van der Waals surface area contributed by atoms with E-state index in [-0.39, 0.29) is 0 Å². The van der Waals surface area contributed by atoms with Crippen LogP contribution in [0.25, 0.3) is 0 Å². The predicted molar refractivity (Wildman–Crippen MR) is 38.8 cm³/mol. The fourth-order valence-electron chi connectivity index (χ4n) is 0.546. The first-order chi connectivity index (χ1) is 5.20. The van der Waals surface area contributed by atoms with Crippen molar-refractivity contribution in [2.24, 2.45) is 0 Å². The number of nitrogens with zero attached hydrogens (tertiary/aromatic N) is 1. The summed E-state index contributed by atoms with van der Waals surface area (Å²) in [5.74, 6) is -0.676. The van der Waals surface area contributed by atoms with Crippen LogP contribution in [0, 0.1) is 10.1 Å². The molecule has 1 aromatic heterocycles. The number of rotatable bonds is 2. The minimum absolute atomic E-state index is 0.335. The molecule has 58 valence electrons. The van der Waals surface area contributed by atoms with Gasteiger partial charge in [-0.25, -0.2) is 10.1 Å². The number of carbonyl (C=O) groups is 1. The second-order valence-corrected chi connectivity index (χ2v) is 2.62. The fourth-order valence-corrected chi connectivity index (χ4v) is 1.16. The SMILES string of the molecule is O=C(N[N+](=O)[O-])c1cccs1. The molecular formula is C5H4N2O3S. The summed E-state index contributed by atoms with van der Waals surface area (Å²) in [5.41, 5.74) is 1.54. The Hall–Kier alpha value is -1.43. The van der Waals surface area contributed by atoms with Crippen molar-refractivity contribution in [2.75, 3.05) is 0 Å². The van der Waals surface area contributed by atoms with Crippen LogP contribution in [-0.4, -0.2) is 10.9 Å². The van der Waals surface area contributed by atoms with E-state index in [0.717, 1.165) is 11.3 Å². The molecule has 1 N–H and O–H groups in total. The normalized spacial score (nSPS) is 9.09. The quantitative estimate of drug-likeness (QED) is 0.526. The third kappa shape index (κ3) is 2.01. The minimum atomic E-state index is -0.873. The van der Waals surface area contributed by atoms with Gasteiger partial charge < -0.3 is 0 Å². The maximum absolute atomic E-state index is 10.8. The van der Waals surface area contributed by atoms with E-state index >= 15 is 0 Å². The summed E-state index contributed by atoms with van der Waals surface area (Å²) >= 11 is 1.16. The summed E-state index contributed by atoms with van der Waals surface area (Å²) < 4.78 is 0. The summed E-state index contributed by atoms with van der Waals surface area (Å²) in [4.78, 5) is 20.9. The van der Waals surface area contributed by atoms with Crippen molar-refractivity contribution in [2.45, 2.75) is 0 Å². The lowest BCUT2D eigenvalue weighted by atomic mass is 10.5. The van der Waals surface area contributed by atoms with E-state index in [9.17, 15) is 14.9 Å². The number of hydrogen-bond donors (Lipinski definition) is 1. The number of amides is 1. The third-order valence-electron chi connectivity index (χ3n) is 0.938. The number of nitrogens with one attached hydrogen (secondary N) is 1. The number of thiophene rings is 1. The average Bonchev–Trinajstić information content (AvgIpc) is 2.35. The number of hydrazine groups is 1. The molecule has 0 atom stereocenters. The van der Waals surface area contributed by atoms with Crippen LogP contribution in [0.15, 0.2) is 17.5 Å². The van der Waals surface area contributed by atoms with Crippen molar-refractivity contribution < 1.29 is 9.83 Å². The Kier molecular flexibility index (Phi) is 2.17. The van der Waals surface area contributed by atoms with E-state index < -0.39 is 10.9 Å². The predicted octanol–water partition coefficient (Wildman–Crippen LogP) is 0.670. The molecule has 0 fully saturated rings. The van der Waals surface area contributed by atoms with Gasteiger partial charge in [-0.2, -0.15) is 0 Å². The molecule has 0 saturated carbocycles. The van der Waals surface area contributed by atoms with Crippen LogP contribution in [0.5, 0.6) is 0 Å². The van der Waals surface area contributed by atoms with Gasteiger partial charge in [0.15, 0.2) is 5.03 Å². The molecule has 1 heterocycles. The Morgan fingerprint density at radius 1 is 1.73 bits per heavy atom. The van der Waals surface area contributed by atoms with Crippen LogP contribution in [0.2, 0.25) is 0 Å². The first-order valence-electron chi connectivity index (χ1n) is 2.69. The van der Waals surface area contributed by atoms with Crippen LogP contribution < -0.4 is 5.43 Å². The average molecular weight is 172 g/mol. The van der Waals surface area contributed by atoms with Crippen LogP contribution in [0.1, 0.15) is 9.67 Å². The van der Waals surface area contributed by atoms with Gasteiger partial charge in [0.05, 0.1) is 4.88 Å². The Labute approximate surface area is 65.8 Å². The summed E-state index contributed by atoms with van der Waals surface area (Å²) in [5, 5.41) is 10.6. The summed E-state index contributed by atoms with van der Waals surface area (Å²) in [6, 6.07) is 3.17. The number of nitro groups is 1. The van der Waals surface area contributed by atoms with E-state index in [4.69, 9.17) is 0 Å². The van der Waals surface area contributed by atoms with Gasteiger partial charge in [0.1, 0.15) is 0 Å². The smallest absolute Gasteiger partial charge is 0.262 e. The monoisotopic (exact) mass is 172 g/mol. The van der Waals surface area contributed by atoms with Gasteiger partial charge in [-0.05, 0) is 11.4 Å². The van der Waals surface area contributed by atoms with Crippen molar-refractivity contribution in [3.63, 3.8) is 0 Å². The molecule has 0 aromatic carbocycles. The Balaban J connectivity index is 2.64. The van der Waals surface area contributed by atoms with Gasteiger partial charge in [-0.3, -0.25) is 4.79 Å². The molecule has 1 aromatic rings. The standard InChI is InChI=1S/C5H4N2O3S/c8-5(6-7(9)10)4-2-1-3-11-4/h1-3H,(H,6,8). The van der Waals surface area contributed by atoms with E-state index in [2.05, 4.69) is 0 Å². The zero-order chi connectivity index (χ0) is 8.27. The first-order valence-corrected chi connectivity index (χ1v) is 3.57. The van der Waals surface area contributed by atoms with Crippen molar-refractivity contribution >= 4 is 17.2 Å². The van der Waals surface area contributed by atoms with Gasteiger partial charge >= 0.3 is 5.91 Å². The van der Waals surface area contributed by atoms with Gasteiger partial charge in [0, 0.05) is 0 Å². The molecule has 6 heteroatoms. The zero-order valence-electron chi connectivity index (χ0n) is 5.31. The second-order valence-electron chi connectivity index (χ2n) is 1.68. The maximum Gasteiger partial charge on any atom is 0.320 e. The lowest BCUT2D eigenvalue weighted by molar-refractivity contribution is -0.527. The van der Waals surface area contributed by atoms with Crippen molar-refractivity contribution in [3.05, 3.63) is 32.5 Å². The lowest BCUT2D eigenvalue weighted by Gasteiger charge is -1.90. The molecule has 0 bridgehead atoms. The van der Waals surface area contributed by atoms with Crippen LogP contribution >= 0.6 is 11.3 Å². The minimum Gasteiger partial charge on any atom is -0.262 e. The van der Waals surface area contributed by atoms with Crippen LogP contribution in [0.4, 0.5) is 0 Å². The molecule has 1 amide bonds. The van der Waals surface area contributed by atoms with Crippen molar-refractivity contribution in [1.82, 2.24) is 5.43 Å². The van der Waals surface area contributed by atoms with E-state index in [1.807, 2.05) is 0 Å². The van der Waals surface area contributed by atoms with Crippen LogP contribution in [-0.2, 0) is 0 Å². The molecule has 5 nitrogen and oxygen atoms in total. The van der Waals surface area contributed by atoms with Crippen molar-refractivity contribution in [1.29, 1.82) is 0 Å². The first kappa shape index (κ1) is 7.67. The second kappa shape index (κ2) is 3.11. The molecular weight excluding hydrogens is 168 g/mol. The van der Waals surface area contributed by atoms with Gasteiger partial charge in [0.25, 0.3) is 0 Å². The Morgan fingerprint density at radius 3 is 2.91 bits per heavy atom. The summed E-state index contributed by atoms with van der Waals surface area (Å²) in [6.45, 7) is 0. The molecule has 0 aliphatic heterocycles. The van der Waals surface area contributed by atoms with Crippen LogP contribution in [0.3, 0.4) is 0 Å². The Bertz CT molecular complexity index is 269. The molecule has 0 radical (unpaired) electrons. The van der Waals surface area contributed by atoms with Crippen molar-refractivity contribution in [3.8, 4) is 0 Å². The summed E-state index contributed by atoms with van der Waals surface area (Å²) in [7, 11) is 0. The molecule has 0 saturated heterocycles. The third-order valence-corrected chi connectivity index (χ3v) is 1.81. The molecule has 0 aliphatic rings. The summed E-state index contributed by atoms with van der Waals surface area (Å²) in [6.07, 6.45) is 0. The van der Waals surface area contributed by atoms with E-state index in [1.54, 1.807) is 11.4 Å². The highest BCUT2D eigenvalue weighted by Crippen LogP contribution is 2.07. The Morgan fingerprint density at radius 2 is 2.45 bits per heavy atom. The highest BCUT2D eigenvalue weighted by Gasteiger charge is 2.10. The van der Waals surface area contributed by atoms with Gasteiger partial charge in [0.2, 0.25) is 0 Å². The number of hydrogen-bond acceptors (Lipinski definition) is 4. The molecule has 1 rings (SSSR count). The van der Waals surface area contributed by atoms with E-state index in [1.165, 1.54) is 11.5 Å². The van der Waals surface area contributed by atoms with E-state index in [0.29, 0.717) is 4.88 Å². The molecule has 0 unspecified atom stereocenters. The lowest BCUT2D eigenvalue weighted by Crippen LogP contribution is -2.28. The van der Waals surface area contributed by atoms with Gasteiger partial charge in [-0.1, -0.05) is 11.5 Å². The zero-order valence-corrected chi connectivity index (χ0v) is 6.13. The fraction of sp³-hybridized carbons (Fsp3) is 0. The maximum atomic E-state index is 10.8. The molecule has 0 aliphatic carbocycles. The number of carbonyl (C=O) groups excluding carboxylic acids is 1. The molecule has 11 heavy (non-hydrogen) atoms. The highest BCUT2D eigenvalue weighted by atomic mass is 32.1. The van der Waals surface area contributed by atoms with Gasteiger partial charge in [-0.15, -0.1) is 11.3 Å². The highest BCUT2D eigenvalue weighted by molar-refractivity contribution is 7.12. The topological polar surface area (TPSA) is 72.2 Å². The molecule has 0 spiro atoms. The largest absolute Gasteiger partial charge is 0.320 e.